The van der Waals surface area contributed by atoms with Crippen LogP contribution in [0.15, 0.2) is 30.9 Å². The Balaban J connectivity index is 1.92. The molecule has 0 aliphatic carbocycles. The van der Waals surface area contributed by atoms with Gasteiger partial charge in [-0.25, -0.2) is 4.98 Å². The first kappa shape index (κ1) is 9.98. The molecule has 2 heterocycles. The van der Waals surface area contributed by atoms with Crippen molar-refractivity contribution in [2.45, 2.75) is 25.9 Å². The van der Waals surface area contributed by atoms with Gasteiger partial charge in [0.25, 0.3) is 0 Å². The molecule has 0 aliphatic heterocycles. The number of hydrogen-bond acceptors (Lipinski definition) is 2. The van der Waals surface area contributed by atoms with Crippen LogP contribution in [0.1, 0.15) is 30.8 Å². The third-order valence-electron chi connectivity index (χ3n) is 2.47. The summed E-state index contributed by atoms with van der Waals surface area (Å²) < 4.78 is 0. The molecule has 0 fully saturated rings. The fourth-order valence-electron chi connectivity index (χ4n) is 1.61. The number of nitrogens with one attached hydrogen (secondary N) is 3. The second kappa shape index (κ2) is 4.79. The van der Waals surface area contributed by atoms with Gasteiger partial charge in [-0.2, -0.15) is 0 Å². The van der Waals surface area contributed by atoms with E-state index in [1.54, 1.807) is 6.20 Å². The van der Waals surface area contributed by atoms with Crippen LogP contribution in [-0.2, 0) is 6.54 Å². The van der Waals surface area contributed by atoms with E-state index in [2.05, 4.69) is 33.3 Å². The third-order valence-corrected chi connectivity index (χ3v) is 2.47. The fraction of sp³-hybridized carbons (Fsp3) is 0.364. The molecule has 0 saturated heterocycles. The average molecular weight is 204 g/mol. The van der Waals surface area contributed by atoms with Crippen molar-refractivity contribution in [1.29, 1.82) is 0 Å². The Morgan fingerprint density at radius 3 is 3.00 bits per heavy atom. The summed E-state index contributed by atoms with van der Waals surface area (Å²) in [5, 5.41) is 3.46. The van der Waals surface area contributed by atoms with E-state index >= 15 is 0 Å². The Bertz CT molecular complexity index is 363. The Hall–Kier alpha value is -1.55. The van der Waals surface area contributed by atoms with Gasteiger partial charge in [0.2, 0.25) is 0 Å². The second-order valence-electron chi connectivity index (χ2n) is 3.54. The van der Waals surface area contributed by atoms with E-state index in [9.17, 15) is 0 Å². The summed E-state index contributed by atoms with van der Waals surface area (Å²) in [4.78, 5) is 10.4. The molecule has 0 radical (unpaired) electrons. The van der Waals surface area contributed by atoms with E-state index in [-0.39, 0.29) is 0 Å². The lowest BCUT2D eigenvalue weighted by atomic mass is 10.2. The van der Waals surface area contributed by atoms with Gasteiger partial charge in [-0.3, -0.25) is 0 Å². The molecule has 2 aromatic rings. The highest BCUT2D eigenvalue weighted by molar-refractivity contribution is 5.08. The summed E-state index contributed by atoms with van der Waals surface area (Å²) in [6.07, 6.45) is 8.61. The number of imidazole rings is 1. The number of aromatic nitrogens is 3. The second-order valence-corrected chi connectivity index (χ2v) is 3.54. The molecule has 1 atom stereocenters. The molecule has 0 aromatic carbocycles. The number of hydrogen-bond donors (Lipinski definition) is 3. The first-order valence-electron chi connectivity index (χ1n) is 5.24. The first-order valence-corrected chi connectivity index (χ1v) is 5.24. The van der Waals surface area contributed by atoms with Crippen molar-refractivity contribution in [1.82, 2.24) is 20.3 Å². The van der Waals surface area contributed by atoms with Crippen LogP contribution in [0, 0.1) is 0 Å². The molecule has 0 bridgehead atoms. The smallest absolute Gasteiger partial charge is 0.123 e. The number of rotatable bonds is 5. The zero-order valence-electron chi connectivity index (χ0n) is 8.83. The molecular weight excluding hydrogens is 188 g/mol. The summed E-state index contributed by atoms with van der Waals surface area (Å²) in [5.41, 5.74) is 1.26. The van der Waals surface area contributed by atoms with Crippen LogP contribution in [0.2, 0.25) is 0 Å². The summed E-state index contributed by atoms with van der Waals surface area (Å²) in [6, 6.07) is 2.37. The average Bonchev–Trinajstić information content (AvgIpc) is 2.90. The van der Waals surface area contributed by atoms with Gasteiger partial charge >= 0.3 is 0 Å². The predicted molar refractivity (Wildman–Crippen MR) is 59.3 cm³/mol. The molecular formula is C11H16N4. The Labute approximate surface area is 89.1 Å². The lowest BCUT2D eigenvalue weighted by Crippen LogP contribution is -2.21. The highest BCUT2D eigenvalue weighted by atomic mass is 15.0. The van der Waals surface area contributed by atoms with Crippen LogP contribution in [0.3, 0.4) is 0 Å². The summed E-state index contributed by atoms with van der Waals surface area (Å²) in [5.74, 6) is 1.01. The predicted octanol–water partition coefficient (Wildman–Crippen LogP) is 1.98. The maximum atomic E-state index is 4.26. The van der Waals surface area contributed by atoms with Gasteiger partial charge < -0.3 is 15.3 Å². The highest BCUT2D eigenvalue weighted by Gasteiger charge is 2.10. The van der Waals surface area contributed by atoms with E-state index in [1.807, 2.05) is 18.6 Å². The molecule has 0 aliphatic rings. The quantitative estimate of drug-likeness (QED) is 0.697. The van der Waals surface area contributed by atoms with Crippen molar-refractivity contribution in [3.8, 4) is 0 Å². The Morgan fingerprint density at radius 1 is 1.47 bits per heavy atom. The van der Waals surface area contributed by atoms with Gasteiger partial charge in [-0.05, 0) is 18.1 Å². The maximum absolute atomic E-state index is 4.26. The number of H-pyrrole nitrogens is 2. The molecule has 0 amide bonds. The van der Waals surface area contributed by atoms with E-state index in [1.165, 1.54) is 5.56 Å². The normalized spacial score (nSPS) is 12.9. The van der Waals surface area contributed by atoms with E-state index in [0.717, 1.165) is 18.8 Å². The van der Waals surface area contributed by atoms with Crippen LogP contribution in [0.5, 0.6) is 0 Å². The molecule has 2 aromatic heterocycles. The molecule has 2 rings (SSSR count). The van der Waals surface area contributed by atoms with Gasteiger partial charge in [-0.1, -0.05) is 6.92 Å². The summed E-state index contributed by atoms with van der Waals surface area (Å²) in [7, 11) is 0. The standard InChI is InChI=1S/C11H16N4/c1-2-10(11-13-5-6-14-11)15-8-9-3-4-12-7-9/h3-7,10,12,15H,2,8H2,1H3,(H,13,14). The van der Waals surface area contributed by atoms with Crippen molar-refractivity contribution in [3.05, 3.63) is 42.2 Å². The van der Waals surface area contributed by atoms with Crippen LogP contribution < -0.4 is 5.32 Å². The molecule has 4 heteroatoms. The molecule has 0 spiro atoms. The van der Waals surface area contributed by atoms with Crippen molar-refractivity contribution >= 4 is 0 Å². The van der Waals surface area contributed by atoms with E-state index < -0.39 is 0 Å². The molecule has 1 unspecified atom stereocenters. The highest BCUT2D eigenvalue weighted by Crippen LogP contribution is 2.12. The van der Waals surface area contributed by atoms with Gasteiger partial charge in [-0.15, -0.1) is 0 Å². The maximum Gasteiger partial charge on any atom is 0.123 e. The van der Waals surface area contributed by atoms with Gasteiger partial charge in [0.15, 0.2) is 0 Å². The number of nitrogens with zero attached hydrogens (tertiary/aromatic N) is 1. The van der Waals surface area contributed by atoms with Crippen molar-refractivity contribution in [2.24, 2.45) is 0 Å². The lowest BCUT2D eigenvalue weighted by Gasteiger charge is -2.13. The number of aromatic amines is 2. The minimum atomic E-state index is 0.301. The monoisotopic (exact) mass is 204 g/mol. The minimum absolute atomic E-state index is 0.301. The zero-order valence-corrected chi connectivity index (χ0v) is 8.83. The zero-order chi connectivity index (χ0) is 10.5. The first-order chi connectivity index (χ1) is 7.40. The summed E-state index contributed by atoms with van der Waals surface area (Å²) in [6.45, 7) is 3.01. The van der Waals surface area contributed by atoms with Gasteiger partial charge in [0.05, 0.1) is 6.04 Å². The van der Waals surface area contributed by atoms with Crippen molar-refractivity contribution in [3.63, 3.8) is 0 Å². The van der Waals surface area contributed by atoms with Crippen molar-refractivity contribution in [2.75, 3.05) is 0 Å². The van der Waals surface area contributed by atoms with Crippen LogP contribution in [0.4, 0.5) is 0 Å². The Kier molecular flexibility index (Phi) is 3.19. The van der Waals surface area contributed by atoms with E-state index in [0.29, 0.717) is 6.04 Å². The molecule has 80 valence electrons. The topological polar surface area (TPSA) is 56.5 Å². The van der Waals surface area contributed by atoms with Gasteiger partial charge in [0.1, 0.15) is 5.82 Å². The van der Waals surface area contributed by atoms with Crippen molar-refractivity contribution < 1.29 is 0 Å². The molecule has 0 saturated carbocycles. The van der Waals surface area contributed by atoms with Crippen LogP contribution in [0.25, 0.3) is 0 Å². The van der Waals surface area contributed by atoms with Crippen LogP contribution in [-0.4, -0.2) is 15.0 Å². The Morgan fingerprint density at radius 2 is 2.40 bits per heavy atom. The van der Waals surface area contributed by atoms with Gasteiger partial charge in [0, 0.05) is 31.3 Å². The molecule has 3 N–H and O–H groups in total. The molecule has 15 heavy (non-hydrogen) atoms. The largest absolute Gasteiger partial charge is 0.367 e. The minimum Gasteiger partial charge on any atom is -0.367 e. The lowest BCUT2D eigenvalue weighted by molar-refractivity contribution is 0.498. The van der Waals surface area contributed by atoms with Crippen LogP contribution >= 0.6 is 0 Å². The fourth-order valence-corrected chi connectivity index (χ4v) is 1.61. The molecule has 4 nitrogen and oxygen atoms in total. The summed E-state index contributed by atoms with van der Waals surface area (Å²) >= 11 is 0. The van der Waals surface area contributed by atoms with E-state index in [4.69, 9.17) is 0 Å². The third kappa shape index (κ3) is 2.47. The SMILES string of the molecule is CCC(NCc1cc[nH]c1)c1ncc[nH]1.